The summed E-state index contributed by atoms with van der Waals surface area (Å²) < 4.78 is 40.2. The van der Waals surface area contributed by atoms with Gasteiger partial charge in [0.1, 0.15) is 5.75 Å². The highest BCUT2D eigenvalue weighted by molar-refractivity contribution is 6.33. The average Bonchev–Trinajstić information content (AvgIpc) is 2.30. The molecule has 0 radical (unpaired) electrons. The first-order valence-electron chi connectivity index (χ1n) is 4.90. The van der Waals surface area contributed by atoms with Crippen molar-refractivity contribution in [3.05, 3.63) is 40.6 Å². The van der Waals surface area contributed by atoms with Crippen molar-refractivity contribution in [2.75, 3.05) is 0 Å². The predicted molar refractivity (Wildman–Crippen MR) is 64.2 cm³/mol. The number of hydrogen-bond acceptors (Lipinski definition) is 3. The molecule has 0 spiro atoms. The molecule has 0 saturated heterocycles. The van der Waals surface area contributed by atoms with Crippen LogP contribution in [0.15, 0.2) is 30.3 Å². The van der Waals surface area contributed by atoms with E-state index in [1.165, 1.54) is 24.3 Å². The predicted octanol–water partition coefficient (Wildman–Crippen LogP) is 4.35. The number of aromatic nitrogens is 2. The fourth-order valence-electron chi connectivity index (χ4n) is 1.42. The third-order valence-electron chi connectivity index (χ3n) is 2.10. The summed E-state index contributed by atoms with van der Waals surface area (Å²) in [5.41, 5.74) is 0.762. The Bertz CT molecular complexity index is 605. The van der Waals surface area contributed by atoms with Crippen LogP contribution in [0.25, 0.3) is 11.1 Å². The maximum atomic E-state index is 12.1. The minimum atomic E-state index is -4.75. The molecule has 0 N–H and O–H groups in total. The molecule has 1 heterocycles. The van der Waals surface area contributed by atoms with Gasteiger partial charge in [-0.15, -0.1) is 23.4 Å². The topological polar surface area (TPSA) is 35.0 Å². The molecule has 0 aliphatic carbocycles. The summed E-state index contributed by atoms with van der Waals surface area (Å²) in [5, 5.41) is 7.22. The SMILES string of the molecule is FC(F)(F)Oc1cccc(-c2cc(Cl)nnc2Cl)c1. The minimum absolute atomic E-state index is 0.0357. The van der Waals surface area contributed by atoms with Crippen LogP contribution < -0.4 is 4.74 Å². The number of alkyl halides is 3. The van der Waals surface area contributed by atoms with Crippen LogP contribution in [0, 0.1) is 0 Å². The van der Waals surface area contributed by atoms with Crippen LogP contribution in [-0.4, -0.2) is 16.6 Å². The summed E-state index contributed by atoms with van der Waals surface area (Å²) in [6.45, 7) is 0. The molecule has 0 aliphatic heterocycles. The van der Waals surface area contributed by atoms with E-state index in [2.05, 4.69) is 14.9 Å². The van der Waals surface area contributed by atoms with E-state index in [1.807, 2.05) is 0 Å². The molecule has 2 rings (SSSR count). The number of halogens is 5. The molecule has 0 unspecified atom stereocenters. The quantitative estimate of drug-likeness (QED) is 0.827. The monoisotopic (exact) mass is 308 g/mol. The first-order chi connectivity index (χ1) is 8.85. The summed E-state index contributed by atoms with van der Waals surface area (Å²) in [4.78, 5) is 0. The standard InChI is InChI=1S/C11H5Cl2F3N2O/c12-9-5-8(10(13)18-17-9)6-2-1-3-7(4-6)19-11(14,15)16/h1-5H. The van der Waals surface area contributed by atoms with E-state index >= 15 is 0 Å². The molecule has 100 valence electrons. The van der Waals surface area contributed by atoms with E-state index in [-0.39, 0.29) is 16.1 Å². The Balaban J connectivity index is 2.40. The molecule has 0 amide bonds. The molecule has 1 aromatic heterocycles. The molecule has 1 aromatic carbocycles. The molecule has 3 nitrogen and oxygen atoms in total. The second kappa shape index (κ2) is 5.22. The maximum absolute atomic E-state index is 12.1. The Morgan fingerprint density at radius 1 is 1.05 bits per heavy atom. The van der Waals surface area contributed by atoms with Gasteiger partial charge in [-0.1, -0.05) is 35.3 Å². The summed E-state index contributed by atoms with van der Waals surface area (Å²) in [7, 11) is 0. The molecular weight excluding hydrogens is 304 g/mol. The Labute approximate surface area is 115 Å². The number of nitrogens with zero attached hydrogens (tertiary/aromatic N) is 2. The van der Waals surface area contributed by atoms with E-state index < -0.39 is 6.36 Å². The Kier molecular flexibility index (Phi) is 3.82. The third kappa shape index (κ3) is 3.71. The third-order valence-corrected chi connectivity index (χ3v) is 2.56. The van der Waals surface area contributed by atoms with Crippen LogP contribution in [-0.2, 0) is 0 Å². The van der Waals surface area contributed by atoms with Crippen LogP contribution >= 0.6 is 23.2 Å². The summed E-state index contributed by atoms with van der Waals surface area (Å²) in [6.07, 6.45) is -4.75. The summed E-state index contributed by atoms with van der Waals surface area (Å²) >= 11 is 11.5. The van der Waals surface area contributed by atoms with Crippen molar-refractivity contribution in [2.45, 2.75) is 6.36 Å². The van der Waals surface area contributed by atoms with Crippen molar-refractivity contribution in [1.29, 1.82) is 0 Å². The van der Waals surface area contributed by atoms with Crippen LogP contribution in [0.1, 0.15) is 0 Å². The second-order valence-electron chi connectivity index (χ2n) is 3.45. The van der Waals surface area contributed by atoms with Gasteiger partial charge in [-0.05, 0) is 23.8 Å². The van der Waals surface area contributed by atoms with Crippen LogP contribution in [0.4, 0.5) is 13.2 Å². The van der Waals surface area contributed by atoms with Crippen LogP contribution in [0.5, 0.6) is 5.75 Å². The molecule has 8 heteroatoms. The first-order valence-corrected chi connectivity index (χ1v) is 5.66. The molecule has 0 fully saturated rings. The van der Waals surface area contributed by atoms with Gasteiger partial charge in [0.25, 0.3) is 0 Å². The summed E-state index contributed by atoms with van der Waals surface area (Å²) in [6, 6.07) is 6.74. The van der Waals surface area contributed by atoms with Crippen molar-refractivity contribution in [1.82, 2.24) is 10.2 Å². The van der Waals surface area contributed by atoms with E-state index in [0.29, 0.717) is 11.1 Å². The lowest BCUT2D eigenvalue weighted by Gasteiger charge is -2.10. The molecule has 2 aromatic rings. The van der Waals surface area contributed by atoms with Gasteiger partial charge >= 0.3 is 6.36 Å². The fourth-order valence-corrected chi connectivity index (χ4v) is 1.76. The zero-order valence-corrected chi connectivity index (χ0v) is 10.6. The maximum Gasteiger partial charge on any atom is 0.573 e. The van der Waals surface area contributed by atoms with E-state index in [1.54, 1.807) is 6.07 Å². The van der Waals surface area contributed by atoms with Gasteiger partial charge in [-0.3, -0.25) is 0 Å². The molecule has 0 aliphatic rings. The Morgan fingerprint density at radius 2 is 1.79 bits per heavy atom. The second-order valence-corrected chi connectivity index (χ2v) is 4.19. The van der Waals surface area contributed by atoms with Gasteiger partial charge in [0, 0.05) is 5.56 Å². The van der Waals surface area contributed by atoms with Crippen molar-refractivity contribution < 1.29 is 17.9 Å². The van der Waals surface area contributed by atoms with Crippen molar-refractivity contribution in [2.24, 2.45) is 0 Å². The van der Waals surface area contributed by atoms with Crippen LogP contribution in [0.3, 0.4) is 0 Å². The van der Waals surface area contributed by atoms with E-state index in [9.17, 15) is 13.2 Å². The fraction of sp³-hybridized carbons (Fsp3) is 0.0909. The molecular formula is C11H5Cl2F3N2O. The smallest absolute Gasteiger partial charge is 0.406 e. The van der Waals surface area contributed by atoms with E-state index in [0.717, 1.165) is 0 Å². The molecule has 0 bridgehead atoms. The average molecular weight is 309 g/mol. The zero-order chi connectivity index (χ0) is 14.0. The molecule has 0 saturated carbocycles. The van der Waals surface area contributed by atoms with Gasteiger partial charge < -0.3 is 4.74 Å². The normalized spacial score (nSPS) is 11.4. The largest absolute Gasteiger partial charge is 0.573 e. The number of rotatable bonds is 2. The summed E-state index contributed by atoms with van der Waals surface area (Å²) in [5.74, 6) is -0.353. The Morgan fingerprint density at radius 3 is 2.47 bits per heavy atom. The number of benzene rings is 1. The number of ether oxygens (including phenoxy) is 1. The highest BCUT2D eigenvalue weighted by Gasteiger charge is 2.31. The number of hydrogen-bond donors (Lipinski definition) is 0. The lowest BCUT2D eigenvalue weighted by Crippen LogP contribution is -2.17. The zero-order valence-electron chi connectivity index (χ0n) is 9.08. The first kappa shape index (κ1) is 13.9. The van der Waals surface area contributed by atoms with Gasteiger partial charge in [0.15, 0.2) is 10.3 Å². The van der Waals surface area contributed by atoms with Crippen molar-refractivity contribution >= 4 is 23.2 Å². The van der Waals surface area contributed by atoms with Crippen LogP contribution in [0.2, 0.25) is 10.3 Å². The highest BCUT2D eigenvalue weighted by Crippen LogP contribution is 2.31. The lowest BCUT2D eigenvalue weighted by molar-refractivity contribution is -0.274. The van der Waals surface area contributed by atoms with Gasteiger partial charge in [-0.2, -0.15) is 0 Å². The van der Waals surface area contributed by atoms with Gasteiger partial charge in [-0.25, -0.2) is 0 Å². The van der Waals surface area contributed by atoms with Gasteiger partial charge in [0.2, 0.25) is 0 Å². The van der Waals surface area contributed by atoms with Gasteiger partial charge in [0.05, 0.1) is 0 Å². The molecule has 0 atom stereocenters. The van der Waals surface area contributed by atoms with E-state index in [4.69, 9.17) is 23.2 Å². The lowest BCUT2D eigenvalue weighted by atomic mass is 10.1. The van der Waals surface area contributed by atoms with Crippen molar-refractivity contribution in [3.8, 4) is 16.9 Å². The Hall–Kier alpha value is -1.53. The molecule has 19 heavy (non-hydrogen) atoms. The van der Waals surface area contributed by atoms with Crippen molar-refractivity contribution in [3.63, 3.8) is 0 Å². The minimum Gasteiger partial charge on any atom is -0.406 e. The highest BCUT2D eigenvalue weighted by atomic mass is 35.5.